The predicted octanol–water partition coefficient (Wildman–Crippen LogP) is 4.67. The summed E-state index contributed by atoms with van der Waals surface area (Å²) in [5, 5.41) is 3.43. The number of anilines is 1. The molecule has 0 radical (unpaired) electrons. The number of carbonyl (C=O) groups is 1. The molecule has 1 amide bonds. The predicted molar refractivity (Wildman–Crippen MR) is 130 cm³/mol. The number of hydrogen-bond acceptors (Lipinski definition) is 4. The Morgan fingerprint density at radius 2 is 1.84 bits per heavy atom. The number of amides is 1. The lowest BCUT2D eigenvalue weighted by Crippen LogP contribution is -2.44. The molecule has 2 N–H and O–H groups in total. The number of H-pyrrole nitrogens is 1. The number of aromatic amines is 1. The summed E-state index contributed by atoms with van der Waals surface area (Å²) in [6.45, 7) is 13.0. The second kappa shape index (κ2) is 10.1. The zero-order chi connectivity index (χ0) is 23.6. The number of aromatic nitrogens is 1. The molecule has 6 nitrogen and oxygen atoms in total. The topological polar surface area (TPSA) is 74.4 Å². The fourth-order valence-corrected chi connectivity index (χ4v) is 5.03. The average Bonchev–Trinajstić information content (AvgIpc) is 2.69. The van der Waals surface area contributed by atoms with E-state index in [1.165, 1.54) is 0 Å². The number of aryl methyl sites for hydroxylation is 2. The van der Waals surface area contributed by atoms with Crippen LogP contribution in [0, 0.1) is 20.8 Å². The van der Waals surface area contributed by atoms with Crippen molar-refractivity contribution in [1.29, 1.82) is 0 Å². The Morgan fingerprint density at radius 1 is 1.19 bits per heavy atom. The van der Waals surface area contributed by atoms with E-state index >= 15 is 0 Å². The van der Waals surface area contributed by atoms with Gasteiger partial charge in [0, 0.05) is 46.7 Å². The van der Waals surface area contributed by atoms with E-state index in [-0.39, 0.29) is 30.2 Å². The lowest BCUT2D eigenvalue weighted by molar-refractivity contribution is -0.0376. The van der Waals surface area contributed by atoms with Crippen LogP contribution in [0.5, 0.6) is 0 Å². The second-order valence-electron chi connectivity index (χ2n) is 8.89. The first-order valence-electron chi connectivity index (χ1n) is 11.3. The van der Waals surface area contributed by atoms with Gasteiger partial charge >= 0.3 is 0 Å². The van der Waals surface area contributed by atoms with Crippen LogP contribution in [-0.2, 0) is 11.3 Å². The SMILES string of the molecule is CCN(c1cc(Cl)cc(C(=O)NCc2c(C)cc(C)[nH]c2=O)c1C)[C@H]1C[C@@H](C)O[C@@H](C)C1. The van der Waals surface area contributed by atoms with Crippen molar-refractivity contribution in [2.75, 3.05) is 11.4 Å². The zero-order valence-corrected chi connectivity index (χ0v) is 20.6. The van der Waals surface area contributed by atoms with Crippen molar-refractivity contribution in [2.24, 2.45) is 0 Å². The van der Waals surface area contributed by atoms with Crippen LogP contribution < -0.4 is 15.8 Å². The summed E-state index contributed by atoms with van der Waals surface area (Å²) in [5.41, 5.74) is 4.43. The largest absolute Gasteiger partial charge is 0.375 e. The van der Waals surface area contributed by atoms with Crippen LogP contribution in [0.4, 0.5) is 5.69 Å². The van der Waals surface area contributed by atoms with Gasteiger partial charge in [-0.25, -0.2) is 0 Å². The molecular weight excluding hydrogens is 426 g/mol. The first-order chi connectivity index (χ1) is 15.1. The molecule has 3 rings (SSSR count). The van der Waals surface area contributed by atoms with Crippen molar-refractivity contribution < 1.29 is 9.53 Å². The van der Waals surface area contributed by atoms with E-state index in [0.717, 1.165) is 41.9 Å². The molecule has 0 saturated carbocycles. The van der Waals surface area contributed by atoms with E-state index in [9.17, 15) is 9.59 Å². The van der Waals surface area contributed by atoms with Crippen molar-refractivity contribution in [3.05, 3.63) is 61.5 Å². The van der Waals surface area contributed by atoms with E-state index in [2.05, 4.69) is 36.0 Å². The molecule has 0 unspecified atom stereocenters. The third-order valence-corrected chi connectivity index (χ3v) is 6.49. The standard InChI is InChI=1S/C25H34ClN3O3/c1-7-29(20-9-16(4)32-17(5)10-20)23-12-19(26)11-21(18(23)6)24(30)27-13-22-14(2)8-15(3)28-25(22)31/h8,11-12,16-17,20H,7,9-10,13H2,1-6H3,(H,27,30)(H,28,31)/t16-,17+,20+. The van der Waals surface area contributed by atoms with Gasteiger partial charge in [0.25, 0.3) is 11.5 Å². The first kappa shape index (κ1) is 24.3. The molecule has 1 aromatic heterocycles. The number of hydrogen-bond donors (Lipinski definition) is 2. The van der Waals surface area contributed by atoms with Crippen LogP contribution in [0.25, 0.3) is 0 Å². The smallest absolute Gasteiger partial charge is 0.253 e. The van der Waals surface area contributed by atoms with Gasteiger partial charge in [-0.15, -0.1) is 0 Å². The fraction of sp³-hybridized carbons (Fsp3) is 0.520. The van der Waals surface area contributed by atoms with E-state index in [1.54, 1.807) is 6.07 Å². The minimum absolute atomic E-state index is 0.161. The molecule has 32 heavy (non-hydrogen) atoms. The molecule has 3 atom stereocenters. The lowest BCUT2D eigenvalue weighted by Gasteiger charge is -2.41. The Bertz CT molecular complexity index is 1040. The van der Waals surface area contributed by atoms with Gasteiger partial charge in [-0.3, -0.25) is 9.59 Å². The number of benzene rings is 1. The summed E-state index contributed by atoms with van der Waals surface area (Å²) in [6, 6.07) is 5.86. The molecule has 7 heteroatoms. The summed E-state index contributed by atoms with van der Waals surface area (Å²) < 4.78 is 5.92. The normalized spacial score (nSPS) is 20.8. The van der Waals surface area contributed by atoms with E-state index in [4.69, 9.17) is 16.3 Å². The van der Waals surface area contributed by atoms with Crippen LogP contribution in [0.3, 0.4) is 0 Å². The molecule has 0 spiro atoms. The highest BCUT2D eigenvalue weighted by Crippen LogP contribution is 2.33. The Kier molecular flexibility index (Phi) is 7.67. The van der Waals surface area contributed by atoms with Gasteiger partial charge in [0.2, 0.25) is 0 Å². The van der Waals surface area contributed by atoms with Gasteiger partial charge in [-0.1, -0.05) is 11.6 Å². The summed E-state index contributed by atoms with van der Waals surface area (Å²) >= 11 is 6.46. The van der Waals surface area contributed by atoms with Gasteiger partial charge in [-0.2, -0.15) is 0 Å². The number of pyridine rings is 1. The van der Waals surface area contributed by atoms with Crippen LogP contribution in [-0.4, -0.2) is 35.7 Å². The monoisotopic (exact) mass is 459 g/mol. The molecule has 1 aromatic carbocycles. The number of carbonyl (C=O) groups excluding carboxylic acids is 1. The van der Waals surface area contributed by atoms with Crippen molar-refractivity contribution in [3.8, 4) is 0 Å². The number of nitrogens with zero attached hydrogens (tertiary/aromatic N) is 1. The van der Waals surface area contributed by atoms with Gasteiger partial charge in [0.05, 0.1) is 12.2 Å². The highest BCUT2D eigenvalue weighted by atomic mass is 35.5. The molecule has 1 aliphatic rings. The minimum atomic E-state index is -0.240. The number of nitrogens with one attached hydrogen (secondary N) is 2. The minimum Gasteiger partial charge on any atom is -0.375 e. The van der Waals surface area contributed by atoms with Crippen molar-refractivity contribution in [3.63, 3.8) is 0 Å². The Labute approximate surface area is 195 Å². The summed E-state index contributed by atoms with van der Waals surface area (Å²) in [4.78, 5) is 30.5. The molecule has 0 aliphatic carbocycles. The van der Waals surface area contributed by atoms with Crippen LogP contribution in [0.1, 0.15) is 66.4 Å². The van der Waals surface area contributed by atoms with Crippen LogP contribution >= 0.6 is 11.6 Å². The molecule has 1 aliphatic heterocycles. The number of rotatable bonds is 6. The first-order valence-corrected chi connectivity index (χ1v) is 11.7. The van der Waals surface area contributed by atoms with Crippen molar-refractivity contribution in [1.82, 2.24) is 10.3 Å². The molecule has 174 valence electrons. The molecule has 1 saturated heterocycles. The maximum absolute atomic E-state index is 13.1. The number of ether oxygens (including phenoxy) is 1. The highest BCUT2D eigenvalue weighted by Gasteiger charge is 2.30. The maximum Gasteiger partial charge on any atom is 0.253 e. The van der Waals surface area contributed by atoms with E-state index < -0.39 is 0 Å². The Morgan fingerprint density at radius 3 is 2.44 bits per heavy atom. The van der Waals surface area contributed by atoms with Crippen molar-refractivity contribution >= 4 is 23.2 Å². The van der Waals surface area contributed by atoms with Crippen LogP contribution in [0.2, 0.25) is 5.02 Å². The highest BCUT2D eigenvalue weighted by molar-refractivity contribution is 6.31. The molecule has 0 bridgehead atoms. The second-order valence-corrected chi connectivity index (χ2v) is 9.33. The molecule has 2 heterocycles. The van der Waals surface area contributed by atoms with E-state index in [1.807, 2.05) is 32.9 Å². The summed E-state index contributed by atoms with van der Waals surface area (Å²) in [6.07, 6.45) is 2.24. The third-order valence-electron chi connectivity index (χ3n) is 6.27. The Hall–Kier alpha value is -2.31. The maximum atomic E-state index is 13.1. The molecule has 1 fully saturated rings. The average molecular weight is 460 g/mol. The van der Waals surface area contributed by atoms with Crippen molar-refractivity contribution in [2.45, 2.75) is 79.2 Å². The van der Waals surface area contributed by atoms with Gasteiger partial charge in [-0.05, 0) is 83.7 Å². The summed E-state index contributed by atoms with van der Waals surface area (Å²) in [5.74, 6) is -0.240. The fourth-order valence-electron chi connectivity index (χ4n) is 4.81. The zero-order valence-electron chi connectivity index (χ0n) is 19.8. The quantitative estimate of drug-likeness (QED) is 0.658. The van der Waals surface area contributed by atoms with Gasteiger partial charge in [0.1, 0.15) is 0 Å². The van der Waals surface area contributed by atoms with Crippen LogP contribution in [0.15, 0.2) is 23.0 Å². The Balaban J connectivity index is 1.87. The van der Waals surface area contributed by atoms with E-state index in [0.29, 0.717) is 22.2 Å². The van der Waals surface area contributed by atoms with Gasteiger partial charge in [0.15, 0.2) is 0 Å². The van der Waals surface area contributed by atoms with Gasteiger partial charge < -0.3 is 19.9 Å². The lowest BCUT2D eigenvalue weighted by atomic mass is 9.96. The third kappa shape index (κ3) is 5.36. The molecular formula is C25H34ClN3O3. The summed E-state index contributed by atoms with van der Waals surface area (Å²) in [7, 11) is 0. The molecule has 2 aromatic rings. The number of halogens is 1.